The van der Waals surface area contributed by atoms with E-state index >= 15 is 0 Å². The van der Waals surface area contributed by atoms with Gasteiger partial charge in [-0.15, -0.1) is 0 Å². The Bertz CT molecular complexity index is 480. The number of non-ortho nitro benzene ring substituents is 1. The molecule has 1 N–H and O–H groups in total. The molecule has 1 aromatic carbocycles. The number of hydrogen-bond acceptors (Lipinski definition) is 5. The first-order chi connectivity index (χ1) is 9.47. The number of aliphatic hydroxyl groups is 1. The summed E-state index contributed by atoms with van der Waals surface area (Å²) in [6, 6.07) is 6.41. The highest BCUT2D eigenvalue weighted by atomic mass is 16.6. The maximum absolute atomic E-state index is 10.8. The highest BCUT2D eigenvalue weighted by Crippen LogP contribution is 2.22. The highest BCUT2D eigenvalue weighted by Gasteiger charge is 2.26. The van der Waals surface area contributed by atoms with Crippen molar-refractivity contribution in [2.75, 3.05) is 19.7 Å². The summed E-state index contributed by atoms with van der Waals surface area (Å²) in [5.41, 5.74) is 0.579. The molecule has 0 radical (unpaired) electrons. The molecule has 3 atom stereocenters. The van der Waals surface area contributed by atoms with Gasteiger partial charge in [-0.25, -0.2) is 0 Å². The fourth-order valence-electron chi connectivity index (χ4n) is 2.40. The maximum atomic E-state index is 10.8. The predicted octanol–water partition coefficient (Wildman–Crippen LogP) is 1.74. The molecule has 1 saturated heterocycles. The van der Waals surface area contributed by atoms with Gasteiger partial charge in [-0.2, -0.15) is 0 Å². The van der Waals surface area contributed by atoms with Gasteiger partial charge in [0.15, 0.2) is 0 Å². The number of ether oxygens (including phenoxy) is 1. The second-order valence-corrected chi connectivity index (χ2v) is 5.31. The first-order valence-corrected chi connectivity index (χ1v) is 6.75. The van der Waals surface area contributed by atoms with Crippen molar-refractivity contribution < 1.29 is 14.8 Å². The Kier molecular flexibility index (Phi) is 4.69. The summed E-state index contributed by atoms with van der Waals surface area (Å²) in [5, 5.41) is 21.0. The third kappa shape index (κ3) is 3.53. The number of benzene rings is 1. The number of aliphatic hydroxyl groups excluding tert-OH is 1. The molecule has 3 unspecified atom stereocenters. The lowest BCUT2D eigenvalue weighted by molar-refractivity contribution is -0.385. The van der Waals surface area contributed by atoms with Crippen molar-refractivity contribution in [1.82, 2.24) is 4.90 Å². The van der Waals surface area contributed by atoms with E-state index in [9.17, 15) is 15.2 Å². The summed E-state index contributed by atoms with van der Waals surface area (Å²) < 4.78 is 5.55. The van der Waals surface area contributed by atoms with Gasteiger partial charge in [-0.05, 0) is 19.4 Å². The van der Waals surface area contributed by atoms with Crippen LogP contribution in [-0.2, 0) is 4.74 Å². The Hall–Kier alpha value is -1.50. The molecule has 110 valence electrons. The largest absolute Gasteiger partial charge is 0.387 e. The molecule has 0 amide bonds. The highest BCUT2D eigenvalue weighted by molar-refractivity contribution is 5.35. The molecule has 1 aliphatic heterocycles. The van der Waals surface area contributed by atoms with Gasteiger partial charge in [0.2, 0.25) is 0 Å². The maximum Gasteiger partial charge on any atom is 0.269 e. The van der Waals surface area contributed by atoms with Crippen LogP contribution in [0.1, 0.15) is 25.5 Å². The third-order valence-corrected chi connectivity index (χ3v) is 3.61. The van der Waals surface area contributed by atoms with Crippen molar-refractivity contribution >= 4 is 5.69 Å². The van der Waals surface area contributed by atoms with Crippen LogP contribution >= 0.6 is 0 Å². The van der Waals surface area contributed by atoms with Gasteiger partial charge in [0.1, 0.15) is 0 Å². The number of rotatable bonds is 4. The van der Waals surface area contributed by atoms with Crippen LogP contribution in [0.3, 0.4) is 0 Å². The summed E-state index contributed by atoms with van der Waals surface area (Å²) >= 11 is 0. The molecular weight excluding hydrogens is 260 g/mol. The number of hydrogen-bond donors (Lipinski definition) is 1. The van der Waals surface area contributed by atoms with Gasteiger partial charge in [-0.3, -0.25) is 15.0 Å². The van der Waals surface area contributed by atoms with Crippen molar-refractivity contribution in [2.45, 2.75) is 32.1 Å². The van der Waals surface area contributed by atoms with E-state index in [4.69, 9.17) is 4.74 Å². The zero-order chi connectivity index (χ0) is 14.7. The number of nitro benzene ring substituents is 1. The molecule has 1 fully saturated rings. The molecule has 6 nitrogen and oxygen atoms in total. The summed E-state index contributed by atoms with van der Waals surface area (Å²) in [4.78, 5) is 12.5. The van der Waals surface area contributed by atoms with E-state index in [1.54, 1.807) is 12.1 Å². The summed E-state index contributed by atoms with van der Waals surface area (Å²) in [5.74, 6) is 0. The van der Waals surface area contributed by atoms with E-state index in [1.807, 2.05) is 13.8 Å². The minimum absolute atomic E-state index is 0.00458. The van der Waals surface area contributed by atoms with Gasteiger partial charge in [0.05, 0.1) is 23.7 Å². The Labute approximate surface area is 118 Å². The normalized spacial score (nSPS) is 25.4. The molecule has 0 aromatic heterocycles. The zero-order valence-electron chi connectivity index (χ0n) is 11.7. The standard InChI is InChI=1S/C14H20N2O4/c1-10-9-20-11(2)7-15(10)8-14(17)12-4-3-5-13(6-12)16(18)19/h3-6,10-11,14,17H,7-9H2,1-2H3. The Balaban J connectivity index is 2.05. The molecule has 1 aliphatic rings. The molecule has 0 bridgehead atoms. The minimum atomic E-state index is -0.734. The summed E-state index contributed by atoms with van der Waals surface area (Å²) in [7, 11) is 0. The Morgan fingerprint density at radius 1 is 1.55 bits per heavy atom. The van der Waals surface area contributed by atoms with E-state index in [2.05, 4.69) is 4.90 Å². The molecular formula is C14H20N2O4. The smallest absolute Gasteiger partial charge is 0.269 e. The van der Waals surface area contributed by atoms with Gasteiger partial charge in [0, 0.05) is 31.3 Å². The van der Waals surface area contributed by atoms with E-state index < -0.39 is 11.0 Å². The van der Waals surface area contributed by atoms with Crippen LogP contribution in [-0.4, -0.2) is 46.8 Å². The van der Waals surface area contributed by atoms with E-state index in [1.165, 1.54) is 12.1 Å². The Morgan fingerprint density at radius 2 is 2.30 bits per heavy atom. The van der Waals surface area contributed by atoms with Crippen LogP contribution in [0.2, 0.25) is 0 Å². The monoisotopic (exact) mass is 280 g/mol. The fourth-order valence-corrected chi connectivity index (χ4v) is 2.40. The van der Waals surface area contributed by atoms with E-state index in [0.29, 0.717) is 18.7 Å². The van der Waals surface area contributed by atoms with Crippen LogP contribution in [0.15, 0.2) is 24.3 Å². The molecule has 0 spiro atoms. The average Bonchev–Trinajstić information content (AvgIpc) is 2.43. The van der Waals surface area contributed by atoms with Gasteiger partial charge < -0.3 is 9.84 Å². The third-order valence-electron chi connectivity index (χ3n) is 3.61. The second-order valence-electron chi connectivity index (χ2n) is 5.31. The number of β-amino-alcohol motifs (C(OH)–C–C–N with tert-alkyl or cyclic N) is 1. The van der Waals surface area contributed by atoms with Gasteiger partial charge in [-0.1, -0.05) is 12.1 Å². The quantitative estimate of drug-likeness (QED) is 0.671. The van der Waals surface area contributed by atoms with Gasteiger partial charge in [0.25, 0.3) is 5.69 Å². The van der Waals surface area contributed by atoms with Gasteiger partial charge >= 0.3 is 0 Å². The van der Waals surface area contributed by atoms with Crippen LogP contribution < -0.4 is 0 Å². The first-order valence-electron chi connectivity index (χ1n) is 6.75. The van der Waals surface area contributed by atoms with Crippen LogP contribution in [0.5, 0.6) is 0 Å². The van der Waals surface area contributed by atoms with Crippen molar-refractivity contribution in [3.05, 3.63) is 39.9 Å². The molecule has 0 aliphatic carbocycles. The molecule has 6 heteroatoms. The number of nitrogens with zero attached hydrogens (tertiary/aromatic N) is 2. The molecule has 1 heterocycles. The van der Waals surface area contributed by atoms with Crippen LogP contribution in [0, 0.1) is 10.1 Å². The van der Waals surface area contributed by atoms with Crippen molar-refractivity contribution in [1.29, 1.82) is 0 Å². The molecule has 1 aromatic rings. The van der Waals surface area contributed by atoms with E-state index in [-0.39, 0.29) is 17.8 Å². The minimum Gasteiger partial charge on any atom is -0.387 e. The summed E-state index contributed by atoms with van der Waals surface area (Å²) in [6.07, 6.45) is -0.592. The predicted molar refractivity (Wildman–Crippen MR) is 74.5 cm³/mol. The lowest BCUT2D eigenvalue weighted by Crippen LogP contribution is -2.48. The Morgan fingerprint density at radius 3 is 3.00 bits per heavy atom. The number of nitro groups is 1. The zero-order valence-corrected chi connectivity index (χ0v) is 11.7. The van der Waals surface area contributed by atoms with Crippen molar-refractivity contribution in [2.24, 2.45) is 0 Å². The first kappa shape index (κ1) is 14.9. The number of morpholine rings is 1. The van der Waals surface area contributed by atoms with Crippen LogP contribution in [0.25, 0.3) is 0 Å². The lowest BCUT2D eigenvalue weighted by Gasteiger charge is -2.37. The van der Waals surface area contributed by atoms with Crippen molar-refractivity contribution in [3.63, 3.8) is 0 Å². The molecule has 20 heavy (non-hydrogen) atoms. The molecule has 2 rings (SSSR count). The summed E-state index contributed by atoms with van der Waals surface area (Å²) in [6.45, 7) is 5.90. The molecule has 0 saturated carbocycles. The lowest BCUT2D eigenvalue weighted by atomic mass is 10.1. The second kappa shape index (κ2) is 6.30. The fraction of sp³-hybridized carbons (Fsp3) is 0.571. The van der Waals surface area contributed by atoms with Crippen LogP contribution in [0.4, 0.5) is 5.69 Å². The average molecular weight is 280 g/mol. The van der Waals surface area contributed by atoms with Crippen molar-refractivity contribution in [3.8, 4) is 0 Å². The van der Waals surface area contributed by atoms with E-state index in [0.717, 1.165) is 6.54 Å². The topological polar surface area (TPSA) is 75.8 Å². The SMILES string of the molecule is CC1CN(CC(O)c2cccc([N+](=O)[O-])c2)C(C)CO1.